The van der Waals surface area contributed by atoms with E-state index in [0.717, 1.165) is 37.2 Å². The molecule has 0 atom stereocenters. The maximum atomic E-state index is 12.3. The lowest BCUT2D eigenvalue weighted by Crippen LogP contribution is -2.36. The van der Waals surface area contributed by atoms with Crippen LogP contribution in [0.3, 0.4) is 0 Å². The molecule has 0 spiro atoms. The van der Waals surface area contributed by atoms with Gasteiger partial charge in [-0.15, -0.1) is 0 Å². The summed E-state index contributed by atoms with van der Waals surface area (Å²) in [7, 11) is 2.08. The van der Waals surface area contributed by atoms with Gasteiger partial charge in [0.2, 0.25) is 5.91 Å². The van der Waals surface area contributed by atoms with Crippen LogP contribution in [0.15, 0.2) is 18.2 Å². The summed E-state index contributed by atoms with van der Waals surface area (Å²) < 4.78 is 4.98. The van der Waals surface area contributed by atoms with Crippen molar-refractivity contribution in [2.75, 3.05) is 32.1 Å². The van der Waals surface area contributed by atoms with Crippen LogP contribution in [0.4, 0.5) is 5.69 Å². The molecule has 120 valence electrons. The van der Waals surface area contributed by atoms with Crippen LogP contribution in [0.2, 0.25) is 0 Å². The third-order valence-electron chi connectivity index (χ3n) is 4.08. The standard InChI is InChI=1S/C17H24N2O3/c1-4-22-17(21)14-5-6-15(12(2)11-14)18-16(20)13-7-9-19(3)10-8-13/h5-6,11,13H,4,7-10H2,1-3H3,(H,18,20). The first-order chi connectivity index (χ1) is 10.5. The topological polar surface area (TPSA) is 58.6 Å². The number of ether oxygens (including phenoxy) is 1. The molecule has 22 heavy (non-hydrogen) atoms. The van der Waals surface area contributed by atoms with Crippen LogP contribution in [-0.2, 0) is 9.53 Å². The summed E-state index contributed by atoms with van der Waals surface area (Å²) in [6.45, 7) is 5.93. The van der Waals surface area contributed by atoms with E-state index in [1.807, 2.05) is 6.92 Å². The molecule has 1 aromatic carbocycles. The van der Waals surface area contributed by atoms with Gasteiger partial charge >= 0.3 is 5.97 Å². The number of carbonyl (C=O) groups excluding carboxylic acids is 2. The highest BCUT2D eigenvalue weighted by atomic mass is 16.5. The molecule has 1 aromatic rings. The second-order valence-electron chi connectivity index (χ2n) is 5.82. The molecule has 1 fully saturated rings. The molecule has 5 nitrogen and oxygen atoms in total. The Bertz CT molecular complexity index is 549. The van der Waals surface area contributed by atoms with Gasteiger partial charge in [0.1, 0.15) is 0 Å². The van der Waals surface area contributed by atoms with E-state index in [1.165, 1.54) is 0 Å². The lowest BCUT2D eigenvalue weighted by Gasteiger charge is -2.28. The van der Waals surface area contributed by atoms with Gasteiger partial charge in [-0.05, 0) is 70.6 Å². The number of piperidine rings is 1. The van der Waals surface area contributed by atoms with Crippen LogP contribution < -0.4 is 5.32 Å². The number of benzene rings is 1. The van der Waals surface area contributed by atoms with Gasteiger partial charge in [-0.2, -0.15) is 0 Å². The second-order valence-corrected chi connectivity index (χ2v) is 5.82. The molecule has 1 amide bonds. The van der Waals surface area contributed by atoms with Gasteiger partial charge in [0.15, 0.2) is 0 Å². The lowest BCUT2D eigenvalue weighted by atomic mass is 9.96. The maximum Gasteiger partial charge on any atom is 0.338 e. The zero-order valence-electron chi connectivity index (χ0n) is 13.5. The van der Waals surface area contributed by atoms with E-state index in [2.05, 4.69) is 17.3 Å². The zero-order valence-corrected chi connectivity index (χ0v) is 13.5. The van der Waals surface area contributed by atoms with Crippen molar-refractivity contribution in [3.8, 4) is 0 Å². The monoisotopic (exact) mass is 304 g/mol. The minimum atomic E-state index is -0.334. The molecule has 0 saturated carbocycles. The average molecular weight is 304 g/mol. The number of nitrogens with one attached hydrogen (secondary N) is 1. The van der Waals surface area contributed by atoms with E-state index in [4.69, 9.17) is 4.74 Å². The number of nitrogens with zero attached hydrogens (tertiary/aromatic N) is 1. The molecule has 1 saturated heterocycles. The Labute approximate surface area is 131 Å². The zero-order chi connectivity index (χ0) is 16.1. The predicted molar refractivity (Wildman–Crippen MR) is 86.0 cm³/mol. The van der Waals surface area contributed by atoms with Crippen LogP contribution in [0, 0.1) is 12.8 Å². The van der Waals surface area contributed by atoms with E-state index < -0.39 is 0 Å². The highest BCUT2D eigenvalue weighted by molar-refractivity contribution is 5.95. The summed E-state index contributed by atoms with van der Waals surface area (Å²) >= 11 is 0. The highest BCUT2D eigenvalue weighted by Gasteiger charge is 2.23. The molecule has 0 bridgehead atoms. The van der Waals surface area contributed by atoms with Crippen LogP contribution in [0.1, 0.15) is 35.7 Å². The van der Waals surface area contributed by atoms with Crippen LogP contribution in [0.25, 0.3) is 0 Å². The SMILES string of the molecule is CCOC(=O)c1ccc(NC(=O)C2CCN(C)CC2)c(C)c1. The Kier molecular flexibility index (Phi) is 5.55. The van der Waals surface area contributed by atoms with E-state index in [-0.39, 0.29) is 17.8 Å². The van der Waals surface area contributed by atoms with Gasteiger partial charge in [-0.3, -0.25) is 4.79 Å². The lowest BCUT2D eigenvalue weighted by molar-refractivity contribution is -0.121. The van der Waals surface area contributed by atoms with Crippen molar-refractivity contribution in [1.82, 2.24) is 4.90 Å². The van der Waals surface area contributed by atoms with Crippen LogP contribution in [-0.4, -0.2) is 43.5 Å². The van der Waals surface area contributed by atoms with E-state index in [1.54, 1.807) is 25.1 Å². The summed E-state index contributed by atoms with van der Waals surface area (Å²) in [5, 5.41) is 2.98. The molecule has 5 heteroatoms. The molecular weight excluding hydrogens is 280 g/mol. The van der Waals surface area contributed by atoms with Gasteiger partial charge in [-0.1, -0.05) is 0 Å². The minimum Gasteiger partial charge on any atom is -0.462 e. The fourth-order valence-corrected chi connectivity index (χ4v) is 2.65. The highest BCUT2D eigenvalue weighted by Crippen LogP contribution is 2.21. The maximum absolute atomic E-state index is 12.3. The first-order valence-corrected chi connectivity index (χ1v) is 7.78. The van der Waals surface area contributed by atoms with Crippen molar-refractivity contribution in [3.63, 3.8) is 0 Å². The van der Waals surface area contributed by atoms with Gasteiger partial charge < -0.3 is 15.0 Å². The Morgan fingerprint density at radius 1 is 1.32 bits per heavy atom. The molecular formula is C17H24N2O3. The number of likely N-dealkylation sites (tertiary alicyclic amines) is 1. The molecule has 0 radical (unpaired) electrons. The van der Waals surface area contributed by atoms with Crippen LogP contribution >= 0.6 is 0 Å². The number of hydrogen-bond donors (Lipinski definition) is 1. The van der Waals surface area contributed by atoms with E-state index in [0.29, 0.717) is 12.2 Å². The average Bonchev–Trinajstić information content (AvgIpc) is 2.50. The van der Waals surface area contributed by atoms with Crippen molar-refractivity contribution >= 4 is 17.6 Å². The van der Waals surface area contributed by atoms with E-state index in [9.17, 15) is 9.59 Å². The summed E-state index contributed by atoms with van der Waals surface area (Å²) in [5.41, 5.74) is 2.14. The molecule has 0 unspecified atom stereocenters. The largest absolute Gasteiger partial charge is 0.462 e. The predicted octanol–water partition coefficient (Wildman–Crippen LogP) is 2.45. The molecule has 0 aromatic heterocycles. The molecule has 1 aliphatic heterocycles. The number of anilines is 1. The normalized spacial score (nSPS) is 16.3. The van der Waals surface area contributed by atoms with Gasteiger partial charge in [0, 0.05) is 11.6 Å². The minimum absolute atomic E-state index is 0.0695. The Balaban J connectivity index is 2.00. The number of aryl methyl sites for hydroxylation is 1. The van der Waals surface area contributed by atoms with Crippen molar-refractivity contribution < 1.29 is 14.3 Å². The molecule has 0 aliphatic carbocycles. The first-order valence-electron chi connectivity index (χ1n) is 7.78. The molecule has 2 rings (SSSR count). The Hall–Kier alpha value is -1.88. The molecule has 1 aliphatic rings. The first kappa shape index (κ1) is 16.5. The van der Waals surface area contributed by atoms with E-state index >= 15 is 0 Å². The number of carbonyl (C=O) groups is 2. The Morgan fingerprint density at radius 3 is 2.59 bits per heavy atom. The fraction of sp³-hybridized carbons (Fsp3) is 0.529. The van der Waals surface area contributed by atoms with Crippen molar-refractivity contribution in [2.24, 2.45) is 5.92 Å². The van der Waals surface area contributed by atoms with Gasteiger partial charge in [0.05, 0.1) is 12.2 Å². The number of hydrogen-bond acceptors (Lipinski definition) is 4. The van der Waals surface area contributed by atoms with Crippen LogP contribution in [0.5, 0.6) is 0 Å². The summed E-state index contributed by atoms with van der Waals surface area (Å²) in [4.78, 5) is 26.3. The molecule has 1 N–H and O–H groups in total. The number of esters is 1. The van der Waals surface area contributed by atoms with Gasteiger partial charge in [0.25, 0.3) is 0 Å². The number of amides is 1. The summed E-state index contributed by atoms with van der Waals surface area (Å²) in [5.74, 6) is -0.195. The Morgan fingerprint density at radius 2 is 2.00 bits per heavy atom. The van der Waals surface area contributed by atoms with Crippen molar-refractivity contribution in [2.45, 2.75) is 26.7 Å². The summed E-state index contributed by atoms with van der Waals surface area (Å²) in [6, 6.07) is 5.21. The smallest absolute Gasteiger partial charge is 0.338 e. The van der Waals surface area contributed by atoms with Gasteiger partial charge in [-0.25, -0.2) is 4.79 Å². The second kappa shape index (κ2) is 7.40. The molecule has 1 heterocycles. The summed E-state index contributed by atoms with van der Waals surface area (Å²) in [6.07, 6.45) is 1.78. The number of rotatable bonds is 4. The quantitative estimate of drug-likeness (QED) is 0.868. The van der Waals surface area contributed by atoms with Crippen molar-refractivity contribution in [3.05, 3.63) is 29.3 Å². The third-order valence-corrected chi connectivity index (χ3v) is 4.08. The third kappa shape index (κ3) is 4.07. The fourth-order valence-electron chi connectivity index (χ4n) is 2.65. The van der Waals surface area contributed by atoms with Crippen molar-refractivity contribution in [1.29, 1.82) is 0 Å².